The Balaban J connectivity index is 1.21. The molecule has 0 N–H and O–H groups in total. The van der Waals surface area contributed by atoms with Gasteiger partial charge in [0.05, 0.1) is 6.54 Å². The summed E-state index contributed by atoms with van der Waals surface area (Å²) in [5.41, 5.74) is 10.1. The van der Waals surface area contributed by atoms with Crippen LogP contribution in [0.1, 0.15) is 16.7 Å². The van der Waals surface area contributed by atoms with Gasteiger partial charge in [0, 0.05) is 11.1 Å². The van der Waals surface area contributed by atoms with Crippen molar-refractivity contribution in [2.45, 2.75) is 6.54 Å². The van der Waals surface area contributed by atoms with Crippen LogP contribution in [0.15, 0.2) is 215 Å². The second-order valence-corrected chi connectivity index (χ2v) is 13.6. The molecule has 260 valence electrons. The summed E-state index contributed by atoms with van der Waals surface area (Å²) in [7, 11) is 0. The fourth-order valence-corrected chi connectivity index (χ4v) is 7.64. The molecule has 0 aliphatic carbocycles. The van der Waals surface area contributed by atoms with Gasteiger partial charge in [0.15, 0.2) is 11.7 Å². The number of fused-ring (bicyclic) bond motifs is 3. The van der Waals surface area contributed by atoms with Gasteiger partial charge in [0.25, 0.3) is 0 Å². The Morgan fingerprint density at radius 3 is 1.69 bits per heavy atom. The van der Waals surface area contributed by atoms with Crippen LogP contribution in [0.25, 0.3) is 65.7 Å². The summed E-state index contributed by atoms with van der Waals surface area (Å²) in [6.45, 7) is 4.34. The number of aliphatic imine (C=N–C) groups is 3. The zero-order valence-electron chi connectivity index (χ0n) is 30.3. The minimum absolute atomic E-state index is 0.500. The van der Waals surface area contributed by atoms with Gasteiger partial charge in [0.1, 0.15) is 0 Å². The van der Waals surface area contributed by atoms with Crippen molar-refractivity contribution in [3.8, 4) is 33.4 Å². The van der Waals surface area contributed by atoms with Crippen LogP contribution in [0.5, 0.6) is 0 Å². The molecule has 0 bridgehead atoms. The first-order chi connectivity index (χ1) is 27.2. The average molecular weight is 704 g/mol. The number of rotatable bonds is 7. The van der Waals surface area contributed by atoms with Crippen molar-refractivity contribution < 1.29 is 0 Å². The maximum absolute atomic E-state index is 5.00. The molecule has 9 aromatic carbocycles. The Labute approximate surface area is 321 Å². The van der Waals surface area contributed by atoms with Crippen LogP contribution in [0.4, 0.5) is 0 Å². The van der Waals surface area contributed by atoms with Gasteiger partial charge < -0.3 is 0 Å². The molecule has 55 heavy (non-hydrogen) atoms. The van der Waals surface area contributed by atoms with Gasteiger partial charge in [-0.3, -0.25) is 4.99 Å². The predicted molar refractivity (Wildman–Crippen MR) is 234 cm³/mol. The Morgan fingerprint density at radius 2 is 0.964 bits per heavy atom. The van der Waals surface area contributed by atoms with Crippen molar-refractivity contribution in [3.63, 3.8) is 0 Å². The van der Waals surface area contributed by atoms with E-state index in [0.717, 1.165) is 27.8 Å². The van der Waals surface area contributed by atoms with Crippen LogP contribution in [0.2, 0.25) is 0 Å². The SMILES string of the molecule is C=NC(=NC(=NCc1ccccc1)c1ccc(-c2ccc3c(-c4ccccc4)c4ccccc4c(-c4cccc5ccccc45)c3c2)cc1)c1ccccc1. The number of hydrogen-bond acceptors (Lipinski definition) is 1. The molecule has 9 aromatic rings. The molecule has 0 saturated carbocycles. The highest BCUT2D eigenvalue weighted by Gasteiger charge is 2.19. The van der Waals surface area contributed by atoms with Gasteiger partial charge in [-0.25, -0.2) is 9.98 Å². The van der Waals surface area contributed by atoms with E-state index in [2.05, 4.69) is 163 Å². The second-order valence-electron chi connectivity index (χ2n) is 13.6. The fraction of sp³-hybridized carbons (Fsp3) is 0.0192. The van der Waals surface area contributed by atoms with Crippen LogP contribution in [0.3, 0.4) is 0 Å². The number of nitrogens with zero attached hydrogens (tertiary/aromatic N) is 3. The van der Waals surface area contributed by atoms with Crippen LogP contribution in [-0.4, -0.2) is 18.4 Å². The minimum atomic E-state index is 0.500. The molecule has 0 saturated heterocycles. The maximum atomic E-state index is 5.00. The standard InChI is InChI=1S/C52H37N3/c1-53-51(40-21-9-4-10-22-40)55-52(54-35-36-16-5-2-6-17-36)41-30-28-37(29-31-41)42-32-33-47-48(34-42)50(44-27-15-23-38-18-11-12-24-43(38)44)46-26-14-13-25-45(46)49(47)39-19-7-3-8-20-39/h2-34H,1,35H2. The molecule has 0 radical (unpaired) electrons. The average Bonchev–Trinajstić information content (AvgIpc) is 3.26. The first-order valence-electron chi connectivity index (χ1n) is 18.6. The second kappa shape index (κ2) is 15.0. The third kappa shape index (κ3) is 6.65. The lowest BCUT2D eigenvalue weighted by atomic mass is 9.84. The molecule has 0 amide bonds. The summed E-state index contributed by atoms with van der Waals surface area (Å²) in [5, 5.41) is 7.39. The topological polar surface area (TPSA) is 37.1 Å². The summed E-state index contributed by atoms with van der Waals surface area (Å²) < 4.78 is 0. The van der Waals surface area contributed by atoms with E-state index in [-0.39, 0.29) is 0 Å². The maximum Gasteiger partial charge on any atom is 0.161 e. The summed E-state index contributed by atoms with van der Waals surface area (Å²) in [4.78, 5) is 14.3. The van der Waals surface area contributed by atoms with Gasteiger partial charge in [-0.15, -0.1) is 0 Å². The Kier molecular flexibility index (Phi) is 9.17. The van der Waals surface area contributed by atoms with E-state index >= 15 is 0 Å². The van der Waals surface area contributed by atoms with E-state index in [9.17, 15) is 0 Å². The highest BCUT2D eigenvalue weighted by atomic mass is 15.0. The van der Waals surface area contributed by atoms with Crippen LogP contribution in [0, 0.1) is 0 Å². The molecule has 0 atom stereocenters. The molecule has 9 rings (SSSR count). The van der Waals surface area contributed by atoms with E-state index < -0.39 is 0 Å². The van der Waals surface area contributed by atoms with Crippen molar-refractivity contribution in [1.29, 1.82) is 0 Å². The van der Waals surface area contributed by atoms with Gasteiger partial charge in [0.2, 0.25) is 0 Å². The summed E-state index contributed by atoms with van der Waals surface area (Å²) >= 11 is 0. The quantitative estimate of drug-likeness (QED) is 0.0900. The van der Waals surface area contributed by atoms with Crippen molar-refractivity contribution in [2.24, 2.45) is 15.0 Å². The monoisotopic (exact) mass is 703 g/mol. The molecule has 0 fully saturated rings. The Bertz CT molecular complexity index is 2870. The molecule has 0 aromatic heterocycles. The molecule has 0 aliphatic rings. The minimum Gasteiger partial charge on any atom is -0.261 e. The Hall–Kier alpha value is -7.23. The fourth-order valence-electron chi connectivity index (χ4n) is 7.64. The predicted octanol–water partition coefficient (Wildman–Crippen LogP) is 13.2. The van der Waals surface area contributed by atoms with Crippen LogP contribution < -0.4 is 0 Å². The van der Waals surface area contributed by atoms with Crippen LogP contribution >= 0.6 is 0 Å². The molecular weight excluding hydrogens is 667 g/mol. The Morgan fingerprint density at radius 1 is 0.400 bits per heavy atom. The zero-order chi connectivity index (χ0) is 37.0. The third-order valence-corrected chi connectivity index (χ3v) is 10.3. The number of amidine groups is 2. The summed E-state index contributed by atoms with van der Waals surface area (Å²) in [5.74, 6) is 1.14. The van der Waals surface area contributed by atoms with E-state index in [0.29, 0.717) is 18.2 Å². The van der Waals surface area contributed by atoms with E-state index in [1.807, 2.05) is 48.5 Å². The summed E-state index contributed by atoms with van der Waals surface area (Å²) in [6, 6.07) is 70.6. The van der Waals surface area contributed by atoms with Crippen LogP contribution in [-0.2, 0) is 6.54 Å². The summed E-state index contributed by atoms with van der Waals surface area (Å²) in [6.07, 6.45) is 0. The molecule has 0 unspecified atom stereocenters. The van der Waals surface area contributed by atoms with Gasteiger partial charge in [-0.1, -0.05) is 194 Å². The van der Waals surface area contributed by atoms with Crippen molar-refractivity contribution >= 4 is 50.7 Å². The molecule has 0 heterocycles. The van der Waals surface area contributed by atoms with Gasteiger partial charge >= 0.3 is 0 Å². The highest BCUT2D eigenvalue weighted by Crippen LogP contribution is 2.46. The molecule has 0 aliphatic heterocycles. The van der Waals surface area contributed by atoms with E-state index in [4.69, 9.17) is 9.98 Å². The first kappa shape index (κ1) is 33.6. The van der Waals surface area contributed by atoms with Crippen molar-refractivity contribution in [3.05, 3.63) is 217 Å². The lowest BCUT2D eigenvalue weighted by Gasteiger charge is -2.19. The molecule has 3 nitrogen and oxygen atoms in total. The van der Waals surface area contributed by atoms with E-state index in [1.54, 1.807) is 0 Å². The van der Waals surface area contributed by atoms with E-state index in [1.165, 1.54) is 54.6 Å². The zero-order valence-corrected chi connectivity index (χ0v) is 30.3. The van der Waals surface area contributed by atoms with Gasteiger partial charge in [-0.05, 0) is 84.0 Å². The molecule has 3 heteroatoms. The number of benzene rings is 9. The molecule has 0 spiro atoms. The first-order valence-corrected chi connectivity index (χ1v) is 18.6. The lowest BCUT2D eigenvalue weighted by Crippen LogP contribution is -2.05. The van der Waals surface area contributed by atoms with Gasteiger partial charge in [-0.2, -0.15) is 0 Å². The largest absolute Gasteiger partial charge is 0.261 e. The smallest absolute Gasteiger partial charge is 0.161 e. The molecular formula is C52H37N3. The third-order valence-electron chi connectivity index (χ3n) is 10.3. The highest BCUT2D eigenvalue weighted by molar-refractivity contribution is 6.24. The lowest BCUT2D eigenvalue weighted by molar-refractivity contribution is 1.06. The number of hydrogen-bond donors (Lipinski definition) is 0. The normalized spacial score (nSPS) is 12.0. The van der Waals surface area contributed by atoms with Crippen molar-refractivity contribution in [1.82, 2.24) is 0 Å². The van der Waals surface area contributed by atoms with Crippen molar-refractivity contribution in [2.75, 3.05) is 0 Å².